The number of benzene rings is 2. The van der Waals surface area contributed by atoms with Crippen LogP contribution < -0.4 is 0 Å². The Labute approximate surface area is 172 Å². The minimum atomic E-state index is -0.690. The van der Waals surface area contributed by atoms with Crippen molar-refractivity contribution in [2.24, 2.45) is 4.99 Å². The Morgan fingerprint density at radius 3 is 2.41 bits per heavy atom. The minimum Gasteiger partial charge on any atom is -0.481 e. The van der Waals surface area contributed by atoms with Gasteiger partial charge in [0.15, 0.2) is 0 Å². The minimum absolute atomic E-state index is 0.286. The van der Waals surface area contributed by atoms with E-state index in [0.717, 1.165) is 69.9 Å². The Morgan fingerprint density at radius 1 is 0.897 bits per heavy atom. The average Bonchev–Trinajstić information content (AvgIpc) is 2.90. The third-order valence-electron chi connectivity index (χ3n) is 5.89. The molecule has 0 bridgehead atoms. The van der Waals surface area contributed by atoms with Crippen molar-refractivity contribution in [1.29, 1.82) is 0 Å². The molecule has 5 nitrogen and oxygen atoms in total. The zero-order valence-corrected chi connectivity index (χ0v) is 16.9. The fraction of sp³-hybridized carbons (Fsp3) is 0.417. The van der Waals surface area contributed by atoms with Crippen LogP contribution in [0.15, 0.2) is 53.5 Å². The van der Waals surface area contributed by atoms with Crippen molar-refractivity contribution >= 4 is 17.5 Å². The summed E-state index contributed by atoms with van der Waals surface area (Å²) >= 11 is 0. The molecule has 4 rings (SSSR count). The molecule has 29 heavy (non-hydrogen) atoms. The molecule has 0 saturated carbocycles. The number of carboxylic acid groups (broad SMARTS) is 1. The molecule has 0 spiro atoms. The van der Waals surface area contributed by atoms with Gasteiger partial charge in [0, 0.05) is 44.6 Å². The van der Waals surface area contributed by atoms with E-state index in [1.165, 1.54) is 16.7 Å². The number of carbonyl (C=O) groups is 1. The van der Waals surface area contributed by atoms with E-state index in [0.29, 0.717) is 0 Å². The number of hydrogen-bond donors (Lipinski definition) is 1. The van der Waals surface area contributed by atoms with Crippen molar-refractivity contribution in [3.8, 4) is 0 Å². The van der Waals surface area contributed by atoms with Gasteiger partial charge in [0.1, 0.15) is 5.84 Å². The molecule has 0 atom stereocenters. The van der Waals surface area contributed by atoms with Gasteiger partial charge in [0.25, 0.3) is 0 Å². The molecule has 0 aromatic heterocycles. The Kier molecular flexibility index (Phi) is 6.25. The highest BCUT2D eigenvalue weighted by Gasteiger charge is 2.24. The fourth-order valence-corrected chi connectivity index (χ4v) is 4.25. The van der Waals surface area contributed by atoms with Crippen molar-refractivity contribution in [2.45, 2.75) is 32.1 Å². The highest BCUT2D eigenvalue weighted by molar-refractivity contribution is 6.02. The topological polar surface area (TPSA) is 56.1 Å². The predicted molar refractivity (Wildman–Crippen MR) is 116 cm³/mol. The lowest BCUT2D eigenvalue weighted by atomic mass is 9.99. The number of nitrogens with zero attached hydrogens (tertiary/aromatic N) is 3. The maximum absolute atomic E-state index is 10.6. The van der Waals surface area contributed by atoms with Crippen LogP contribution in [-0.2, 0) is 11.2 Å². The normalized spacial score (nSPS) is 16.6. The van der Waals surface area contributed by atoms with Crippen LogP contribution in [0.25, 0.3) is 0 Å². The molecular formula is C24H29N3O2. The Balaban J connectivity index is 1.41. The van der Waals surface area contributed by atoms with Gasteiger partial charge >= 0.3 is 5.97 Å². The summed E-state index contributed by atoms with van der Waals surface area (Å²) in [4.78, 5) is 20.6. The highest BCUT2D eigenvalue weighted by Crippen LogP contribution is 2.29. The smallest absolute Gasteiger partial charge is 0.303 e. The number of amidine groups is 1. The molecule has 0 unspecified atom stereocenters. The van der Waals surface area contributed by atoms with E-state index in [9.17, 15) is 4.79 Å². The van der Waals surface area contributed by atoms with Crippen LogP contribution in [0.3, 0.4) is 0 Å². The van der Waals surface area contributed by atoms with Crippen molar-refractivity contribution in [1.82, 2.24) is 9.80 Å². The van der Waals surface area contributed by atoms with Gasteiger partial charge in [-0.1, -0.05) is 48.9 Å². The van der Waals surface area contributed by atoms with Gasteiger partial charge in [0.2, 0.25) is 0 Å². The second-order valence-electron chi connectivity index (χ2n) is 7.93. The fourth-order valence-electron chi connectivity index (χ4n) is 4.25. The van der Waals surface area contributed by atoms with Crippen LogP contribution in [0, 0.1) is 0 Å². The molecular weight excluding hydrogens is 362 g/mol. The lowest BCUT2D eigenvalue weighted by molar-refractivity contribution is -0.137. The number of carboxylic acids is 1. The van der Waals surface area contributed by atoms with E-state index in [-0.39, 0.29) is 6.42 Å². The number of piperazine rings is 1. The van der Waals surface area contributed by atoms with Crippen LogP contribution in [0.5, 0.6) is 0 Å². The number of unbranched alkanes of at least 4 members (excludes halogenated alkanes) is 2. The van der Waals surface area contributed by atoms with Crippen molar-refractivity contribution < 1.29 is 9.90 Å². The molecule has 1 N–H and O–H groups in total. The number of aliphatic imine (C=N–C) groups is 1. The molecule has 5 heteroatoms. The van der Waals surface area contributed by atoms with E-state index in [4.69, 9.17) is 10.1 Å². The quantitative estimate of drug-likeness (QED) is 0.758. The predicted octanol–water partition coefficient (Wildman–Crippen LogP) is 3.93. The molecule has 0 amide bonds. The van der Waals surface area contributed by atoms with Crippen LogP contribution >= 0.6 is 0 Å². The number of para-hydroxylation sites is 1. The first-order valence-electron chi connectivity index (χ1n) is 10.6. The van der Waals surface area contributed by atoms with E-state index >= 15 is 0 Å². The first-order valence-corrected chi connectivity index (χ1v) is 10.6. The summed E-state index contributed by atoms with van der Waals surface area (Å²) in [5, 5.41) is 8.74. The summed E-state index contributed by atoms with van der Waals surface area (Å²) in [5.41, 5.74) is 4.97. The largest absolute Gasteiger partial charge is 0.481 e. The summed E-state index contributed by atoms with van der Waals surface area (Å²) < 4.78 is 0. The molecule has 2 aromatic rings. The lowest BCUT2D eigenvalue weighted by Gasteiger charge is -2.36. The SMILES string of the molecule is O=C(O)CCCCCN1CCN(C2=Nc3ccccc3Cc3ccccc32)CC1. The number of rotatable bonds is 6. The summed E-state index contributed by atoms with van der Waals surface area (Å²) in [5.74, 6) is 0.413. The summed E-state index contributed by atoms with van der Waals surface area (Å²) in [6, 6.07) is 17.1. The Bertz CT molecular complexity index is 885. The summed E-state index contributed by atoms with van der Waals surface area (Å²) in [6.07, 6.45) is 4.06. The molecule has 0 radical (unpaired) electrons. The van der Waals surface area contributed by atoms with E-state index in [1.807, 2.05) is 0 Å². The van der Waals surface area contributed by atoms with Crippen molar-refractivity contribution in [3.63, 3.8) is 0 Å². The van der Waals surface area contributed by atoms with Crippen LogP contribution in [0.4, 0.5) is 5.69 Å². The molecule has 1 saturated heterocycles. The summed E-state index contributed by atoms with van der Waals surface area (Å²) in [7, 11) is 0. The van der Waals surface area contributed by atoms with Crippen molar-refractivity contribution in [2.75, 3.05) is 32.7 Å². The molecule has 2 aromatic carbocycles. The molecule has 2 heterocycles. The van der Waals surface area contributed by atoms with Crippen LogP contribution in [0.2, 0.25) is 0 Å². The molecule has 2 aliphatic rings. The highest BCUT2D eigenvalue weighted by atomic mass is 16.4. The molecule has 1 fully saturated rings. The summed E-state index contributed by atoms with van der Waals surface area (Å²) in [6.45, 7) is 5.07. The lowest BCUT2D eigenvalue weighted by Crippen LogP contribution is -2.49. The zero-order chi connectivity index (χ0) is 20.1. The maximum Gasteiger partial charge on any atom is 0.303 e. The van der Waals surface area contributed by atoms with E-state index in [1.54, 1.807) is 0 Å². The Morgan fingerprint density at radius 2 is 1.62 bits per heavy atom. The van der Waals surface area contributed by atoms with Gasteiger partial charge in [-0.25, -0.2) is 4.99 Å². The van der Waals surface area contributed by atoms with Gasteiger partial charge in [-0.3, -0.25) is 9.69 Å². The van der Waals surface area contributed by atoms with Gasteiger partial charge in [0.05, 0.1) is 5.69 Å². The molecule has 0 aliphatic carbocycles. The van der Waals surface area contributed by atoms with Crippen LogP contribution in [-0.4, -0.2) is 59.4 Å². The maximum atomic E-state index is 10.6. The standard InChI is InChI=1S/C24H29N3O2/c28-23(29)12-2-1-7-13-26-14-16-27(17-15-26)24-21-10-5-3-8-19(21)18-20-9-4-6-11-22(20)25-24/h3-6,8-11H,1-2,7,12-18H2,(H,28,29). The van der Waals surface area contributed by atoms with E-state index < -0.39 is 5.97 Å². The molecule has 2 aliphatic heterocycles. The van der Waals surface area contributed by atoms with Crippen molar-refractivity contribution in [3.05, 3.63) is 65.2 Å². The number of aliphatic carboxylic acids is 1. The third-order valence-corrected chi connectivity index (χ3v) is 5.89. The first-order chi connectivity index (χ1) is 14.2. The zero-order valence-electron chi connectivity index (χ0n) is 16.9. The first kappa shape index (κ1) is 19.6. The van der Waals surface area contributed by atoms with Crippen LogP contribution in [0.1, 0.15) is 42.4 Å². The number of hydrogen-bond acceptors (Lipinski definition) is 4. The van der Waals surface area contributed by atoms with Gasteiger partial charge in [-0.05, 0) is 36.6 Å². The van der Waals surface area contributed by atoms with Gasteiger partial charge in [-0.15, -0.1) is 0 Å². The monoisotopic (exact) mass is 391 g/mol. The second-order valence-corrected chi connectivity index (χ2v) is 7.93. The Hall–Kier alpha value is -2.66. The van der Waals surface area contributed by atoms with E-state index in [2.05, 4.69) is 58.3 Å². The van der Waals surface area contributed by atoms with Gasteiger partial charge < -0.3 is 10.0 Å². The average molecular weight is 392 g/mol. The molecule has 152 valence electrons. The second kappa shape index (κ2) is 9.23. The third kappa shape index (κ3) is 4.85. The van der Waals surface area contributed by atoms with Gasteiger partial charge in [-0.2, -0.15) is 0 Å². The number of fused-ring (bicyclic) bond motifs is 2.